The Morgan fingerprint density at radius 2 is 1.69 bits per heavy atom. The maximum atomic E-state index is 13.4. The predicted molar refractivity (Wildman–Crippen MR) is 101 cm³/mol. The first-order valence-corrected chi connectivity index (χ1v) is 8.83. The number of hydrogen-bond donors (Lipinski definition) is 0. The molecule has 0 saturated heterocycles. The summed E-state index contributed by atoms with van der Waals surface area (Å²) in [5.41, 5.74) is 3.52. The van der Waals surface area contributed by atoms with Gasteiger partial charge in [-0.2, -0.15) is 0 Å². The number of ether oxygens (including phenoxy) is 1. The molecular formula is C22H20N2O2. The number of amides is 1. The number of nitrogens with zero attached hydrogens (tertiary/aromatic N) is 2. The van der Waals surface area contributed by atoms with Crippen molar-refractivity contribution in [2.75, 3.05) is 13.2 Å². The van der Waals surface area contributed by atoms with Gasteiger partial charge < -0.3 is 9.64 Å². The number of hydrogen-bond acceptors (Lipinski definition) is 3. The van der Waals surface area contributed by atoms with Gasteiger partial charge in [0.15, 0.2) is 0 Å². The lowest BCUT2D eigenvalue weighted by atomic mass is 9.99. The molecule has 0 radical (unpaired) electrons. The summed E-state index contributed by atoms with van der Waals surface area (Å²) in [4.78, 5) is 19.6. The van der Waals surface area contributed by atoms with E-state index >= 15 is 0 Å². The minimum atomic E-state index is -0.0319. The van der Waals surface area contributed by atoms with Crippen LogP contribution in [-0.4, -0.2) is 28.9 Å². The molecule has 2 heterocycles. The Kier molecular flexibility index (Phi) is 4.65. The molecule has 0 spiro atoms. The molecule has 1 aromatic heterocycles. The Hall–Kier alpha value is -3.14. The van der Waals surface area contributed by atoms with Crippen molar-refractivity contribution < 1.29 is 9.53 Å². The standard InChI is InChI=1S/C22H20N2O2/c25-22-20-19(18-10-5-2-6-11-18)12-13-23-21(20)26-15-7-14-24(22)16-17-8-3-1-4-9-17/h1-6,8-13H,7,14-16H2. The second-order valence-corrected chi connectivity index (χ2v) is 6.32. The number of aromatic nitrogens is 1. The predicted octanol–water partition coefficient (Wildman–Crippen LogP) is 4.17. The van der Waals surface area contributed by atoms with Gasteiger partial charge in [0.1, 0.15) is 5.56 Å². The van der Waals surface area contributed by atoms with E-state index in [4.69, 9.17) is 4.74 Å². The zero-order valence-corrected chi connectivity index (χ0v) is 14.5. The third kappa shape index (κ3) is 3.31. The van der Waals surface area contributed by atoms with Crippen LogP contribution in [-0.2, 0) is 6.54 Å². The van der Waals surface area contributed by atoms with Crippen LogP contribution in [0.5, 0.6) is 5.88 Å². The summed E-state index contributed by atoms with van der Waals surface area (Å²) in [6.07, 6.45) is 2.49. The number of pyridine rings is 1. The second-order valence-electron chi connectivity index (χ2n) is 6.32. The van der Waals surface area contributed by atoms with Crippen LogP contribution >= 0.6 is 0 Å². The van der Waals surface area contributed by atoms with Crippen LogP contribution in [0.1, 0.15) is 22.3 Å². The van der Waals surface area contributed by atoms with Gasteiger partial charge >= 0.3 is 0 Å². The SMILES string of the molecule is O=C1c2c(-c3ccccc3)ccnc2OCCCN1Cc1ccccc1. The zero-order valence-electron chi connectivity index (χ0n) is 14.5. The van der Waals surface area contributed by atoms with Gasteiger partial charge in [0.05, 0.1) is 6.61 Å². The third-order valence-corrected chi connectivity index (χ3v) is 4.53. The lowest BCUT2D eigenvalue weighted by molar-refractivity contribution is 0.0711. The Morgan fingerprint density at radius 1 is 0.962 bits per heavy atom. The summed E-state index contributed by atoms with van der Waals surface area (Å²) in [5.74, 6) is 0.393. The first-order valence-electron chi connectivity index (χ1n) is 8.83. The van der Waals surface area contributed by atoms with E-state index in [2.05, 4.69) is 4.98 Å². The van der Waals surface area contributed by atoms with Crippen molar-refractivity contribution in [1.82, 2.24) is 9.88 Å². The molecule has 4 nitrogen and oxygen atoms in total. The van der Waals surface area contributed by atoms with Gasteiger partial charge in [-0.3, -0.25) is 4.79 Å². The summed E-state index contributed by atoms with van der Waals surface area (Å²) in [5, 5.41) is 0. The number of carbonyl (C=O) groups excluding carboxylic acids is 1. The smallest absolute Gasteiger partial charge is 0.260 e. The maximum Gasteiger partial charge on any atom is 0.260 e. The van der Waals surface area contributed by atoms with E-state index < -0.39 is 0 Å². The van der Waals surface area contributed by atoms with E-state index in [1.165, 1.54) is 0 Å². The quantitative estimate of drug-likeness (QED) is 0.716. The van der Waals surface area contributed by atoms with Crippen molar-refractivity contribution in [3.63, 3.8) is 0 Å². The molecule has 130 valence electrons. The molecule has 4 rings (SSSR count). The normalized spacial score (nSPS) is 14.2. The highest BCUT2D eigenvalue weighted by Crippen LogP contribution is 2.31. The zero-order chi connectivity index (χ0) is 17.8. The van der Waals surface area contributed by atoms with Gasteiger partial charge in [-0.05, 0) is 23.6 Å². The first kappa shape index (κ1) is 16.3. The van der Waals surface area contributed by atoms with Gasteiger partial charge in [0.25, 0.3) is 5.91 Å². The number of fused-ring (bicyclic) bond motifs is 1. The summed E-state index contributed by atoms with van der Waals surface area (Å²) in [6, 6.07) is 21.9. The molecule has 1 aliphatic rings. The molecule has 0 atom stereocenters. The second kappa shape index (κ2) is 7.40. The van der Waals surface area contributed by atoms with Crippen molar-refractivity contribution in [3.8, 4) is 17.0 Å². The minimum absolute atomic E-state index is 0.0319. The molecule has 0 aliphatic carbocycles. The molecule has 0 N–H and O–H groups in total. The minimum Gasteiger partial charge on any atom is -0.477 e. The highest BCUT2D eigenvalue weighted by molar-refractivity contribution is 6.03. The van der Waals surface area contributed by atoms with E-state index in [-0.39, 0.29) is 5.91 Å². The highest BCUT2D eigenvalue weighted by Gasteiger charge is 2.26. The van der Waals surface area contributed by atoms with Crippen molar-refractivity contribution in [2.24, 2.45) is 0 Å². The Bertz CT molecular complexity index is 895. The van der Waals surface area contributed by atoms with Crippen molar-refractivity contribution in [3.05, 3.63) is 84.1 Å². The van der Waals surface area contributed by atoms with Gasteiger partial charge in [0.2, 0.25) is 5.88 Å². The Morgan fingerprint density at radius 3 is 2.46 bits per heavy atom. The topological polar surface area (TPSA) is 42.4 Å². The monoisotopic (exact) mass is 344 g/mol. The van der Waals surface area contributed by atoms with Crippen molar-refractivity contribution in [2.45, 2.75) is 13.0 Å². The first-order chi connectivity index (χ1) is 12.8. The van der Waals surface area contributed by atoms with E-state index in [1.54, 1.807) is 6.20 Å². The molecule has 26 heavy (non-hydrogen) atoms. The molecule has 0 saturated carbocycles. The fourth-order valence-corrected chi connectivity index (χ4v) is 3.26. The Balaban J connectivity index is 1.76. The van der Waals surface area contributed by atoms with Gasteiger partial charge in [-0.15, -0.1) is 0 Å². The van der Waals surface area contributed by atoms with Crippen molar-refractivity contribution >= 4 is 5.91 Å². The molecule has 3 aromatic rings. The van der Waals surface area contributed by atoms with E-state index in [0.29, 0.717) is 31.1 Å². The van der Waals surface area contributed by atoms with E-state index in [1.807, 2.05) is 71.6 Å². The van der Waals surface area contributed by atoms with Gasteiger partial charge in [0, 0.05) is 24.8 Å². The Labute approximate surface area is 153 Å². The van der Waals surface area contributed by atoms with Gasteiger partial charge in [-0.1, -0.05) is 60.7 Å². The molecule has 1 aliphatic heterocycles. The van der Waals surface area contributed by atoms with Crippen LogP contribution < -0.4 is 4.74 Å². The van der Waals surface area contributed by atoms with Crippen LogP contribution in [0.3, 0.4) is 0 Å². The summed E-state index contributed by atoms with van der Waals surface area (Å²) in [7, 11) is 0. The lowest BCUT2D eigenvalue weighted by Gasteiger charge is -2.27. The van der Waals surface area contributed by atoms with Crippen LogP contribution in [0.25, 0.3) is 11.1 Å². The van der Waals surface area contributed by atoms with Crippen LogP contribution in [0.15, 0.2) is 72.9 Å². The molecule has 4 heteroatoms. The molecule has 0 bridgehead atoms. The van der Waals surface area contributed by atoms with Crippen LogP contribution in [0.2, 0.25) is 0 Å². The number of carbonyl (C=O) groups is 1. The summed E-state index contributed by atoms with van der Waals surface area (Å²) < 4.78 is 5.80. The number of benzene rings is 2. The van der Waals surface area contributed by atoms with Gasteiger partial charge in [-0.25, -0.2) is 4.98 Å². The van der Waals surface area contributed by atoms with Crippen LogP contribution in [0, 0.1) is 0 Å². The average molecular weight is 344 g/mol. The van der Waals surface area contributed by atoms with E-state index in [9.17, 15) is 4.79 Å². The number of rotatable bonds is 3. The summed E-state index contributed by atoms with van der Waals surface area (Å²) >= 11 is 0. The molecule has 1 amide bonds. The fraction of sp³-hybridized carbons (Fsp3) is 0.182. The molecule has 0 fully saturated rings. The lowest BCUT2D eigenvalue weighted by Crippen LogP contribution is -2.34. The summed E-state index contributed by atoms with van der Waals surface area (Å²) in [6.45, 7) is 1.80. The third-order valence-electron chi connectivity index (χ3n) is 4.53. The molecule has 2 aromatic carbocycles. The van der Waals surface area contributed by atoms with Crippen molar-refractivity contribution in [1.29, 1.82) is 0 Å². The van der Waals surface area contributed by atoms with Crippen LogP contribution in [0.4, 0.5) is 0 Å². The highest BCUT2D eigenvalue weighted by atomic mass is 16.5. The average Bonchev–Trinajstić information content (AvgIpc) is 2.70. The van der Waals surface area contributed by atoms with E-state index in [0.717, 1.165) is 23.1 Å². The fourth-order valence-electron chi connectivity index (χ4n) is 3.26. The molecule has 0 unspecified atom stereocenters. The maximum absolute atomic E-state index is 13.4. The molecular weight excluding hydrogens is 324 g/mol. The largest absolute Gasteiger partial charge is 0.477 e.